The molecule has 0 saturated carbocycles. The normalized spacial score (nSPS) is 24.3. The van der Waals surface area contributed by atoms with Crippen LogP contribution in [-0.4, -0.2) is 48.6 Å². The van der Waals surface area contributed by atoms with Crippen LogP contribution in [0.1, 0.15) is 26.3 Å². The van der Waals surface area contributed by atoms with Gasteiger partial charge < -0.3 is 10.1 Å². The van der Waals surface area contributed by atoms with E-state index in [0.29, 0.717) is 0 Å². The van der Waals surface area contributed by atoms with Gasteiger partial charge in [-0.3, -0.25) is 15.0 Å². The van der Waals surface area contributed by atoms with E-state index < -0.39 is 57.9 Å². The molecule has 1 fully saturated rings. The Morgan fingerprint density at radius 1 is 1.28 bits per heavy atom. The zero-order valence-electron chi connectivity index (χ0n) is 16.2. The fraction of sp³-hybridized carbons (Fsp3) is 0.500. The zero-order chi connectivity index (χ0) is 21.7. The molecule has 2 N–H and O–H groups in total. The number of guanidine groups is 1. The van der Waals surface area contributed by atoms with Crippen LogP contribution < -0.4 is 10.6 Å². The molecule has 1 aromatic rings. The standard InChI is InChI=1S/C18H20F4N4O3/c1-17(2,3)29-16(28)24-15-25-18(7-23-6-8(18)14(27)26(15)4)11-9(19)5-10(20)12(21)13(11)22/h5,8,23H,6-7H2,1-4H3,(H,24,25,28)/t8-,18-/m0/s1. The van der Waals surface area contributed by atoms with Gasteiger partial charge >= 0.3 is 6.09 Å². The van der Waals surface area contributed by atoms with Crippen LogP contribution in [0.5, 0.6) is 0 Å². The number of fused-ring (bicyclic) bond motifs is 1. The van der Waals surface area contributed by atoms with Crippen molar-refractivity contribution in [2.24, 2.45) is 10.9 Å². The summed E-state index contributed by atoms with van der Waals surface area (Å²) in [6.45, 7) is 4.64. The van der Waals surface area contributed by atoms with Crippen molar-refractivity contribution >= 4 is 18.0 Å². The summed E-state index contributed by atoms with van der Waals surface area (Å²) in [5.74, 6) is -8.75. The average molecular weight is 416 g/mol. The van der Waals surface area contributed by atoms with Crippen molar-refractivity contribution in [1.29, 1.82) is 0 Å². The summed E-state index contributed by atoms with van der Waals surface area (Å²) in [6, 6.07) is 0.206. The van der Waals surface area contributed by atoms with E-state index in [-0.39, 0.29) is 25.1 Å². The number of rotatable bonds is 1. The highest BCUT2D eigenvalue weighted by atomic mass is 19.2. The molecule has 0 bridgehead atoms. The number of carbonyl (C=O) groups excluding carboxylic acids is 2. The van der Waals surface area contributed by atoms with Gasteiger partial charge in [-0.15, -0.1) is 0 Å². The highest BCUT2D eigenvalue weighted by Gasteiger charge is 2.56. The summed E-state index contributed by atoms with van der Waals surface area (Å²) in [4.78, 5) is 30.2. The molecule has 2 aliphatic rings. The lowest BCUT2D eigenvalue weighted by atomic mass is 9.78. The molecule has 29 heavy (non-hydrogen) atoms. The maximum Gasteiger partial charge on any atom is 0.414 e. The van der Waals surface area contributed by atoms with Gasteiger partial charge in [-0.2, -0.15) is 0 Å². The highest BCUT2D eigenvalue weighted by molar-refractivity contribution is 6.06. The van der Waals surface area contributed by atoms with Crippen molar-refractivity contribution in [3.05, 3.63) is 34.9 Å². The smallest absolute Gasteiger partial charge is 0.414 e. The Kier molecular flexibility index (Phi) is 5.06. The van der Waals surface area contributed by atoms with Gasteiger partial charge in [0.15, 0.2) is 17.5 Å². The van der Waals surface area contributed by atoms with Crippen LogP contribution in [0.25, 0.3) is 0 Å². The molecule has 1 aromatic carbocycles. The number of amides is 2. The second kappa shape index (κ2) is 6.97. The van der Waals surface area contributed by atoms with Crippen LogP contribution in [0.15, 0.2) is 11.1 Å². The third kappa shape index (κ3) is 3.54. The van der Waals surface area contributed by atoms with E-state index in [2.05, 4.69) is 15.6 Å². The van der Waals surface area contributed by atoms with E-state index >= 15 is 0 Å². The number of hydrogen-bond donors (Lipinski definition) is 2. The maximum absolute atomic E-state index is 14.6. The fourth-order valence-corrected chi connectivity index (χ4v) is 3.50. The van der Waals surface area contributed by atoms with Gasteiger partial charge in [0.1, 0.15) is 17.0 Å². The Labute approximate surface area is 164 Å². The summed E-state index contributed by atoms with van der Waals surface area (Å²) in [5.41, 5.74) is -3.64. The van der Waals surface area contributed by atoms with Gasteiger partial charge in [-0.05, 0) is 20.8 Å². The molecule has 158 valence electrons. The van der Waals surface area contributed by atoms with E-state index in [1.807, 2.05) is 0 Å². The van der Waals surface area contributed by atoms with Gasteiger partial charge in [0, 0.05) is 26.2 Å². The van der Waals surface area contributed by atoms with Crippen molar-refractivity contribution in [3.63, 3.8) is 0 Å². The lowest BCUT2D eigenvalue weighted by Gasteiger charge is -2.39. The summed E-state index contributed by atoms with van der Waals surface area (Å²) >= 11 is 0. The number of benzene rings is 1. The number of aliphatic imine (C=N–C) groups is 1. The monoisotopic (exact) mass is 416 g/mol. The molecule has 3 rings (SSSR count). The molecule has 2 amide bonds. The minimum absolute atomic E-state index is 0.00423. The molecular weight excluding hydrogens is 396 g/mol. The maximum atomic E-state index is 14.6. The number of halogens is 4. The number of hydrogen-bond acceptors (Lipinski definition) is 5. The molecule has 11 heteroatoms. The first-order chi connectivity index (χ1) is 13.4. The first kappa shape index (κ1) is 21.0. The molecule has 2 aliphatic heterocycles. The second-order valence-electron chi connectivity index (χ2n) is 7.91. The van der Waals surface area contributed by atoms with Gasteiger partial charge in [-0.1, -0.05) is 0 Å². The van der Waals surface area contributed by atoms with Gasteiger partial charge in [-0.25, -0.2) is 27.3 Å². The van der Waals surface area contributed by atoms with Gasteiger partial charge in [0.2, 0.25) is 11.9 Å². The van der Waals surface area contributed by atoms with E-state index in [1.54, 1.807) is 20.8 Å². The Bertz CT molecular complexity index is 915. The van der Waals surface area contributed by atoms with Crippen LogP contribution in [0, 0.1) is 29.2 Å². The van der Waals surface area contributed by atoms with Gasteiger partial charge in [0.25, 0.3) is 0 Å². The van der Waals surface area contributed by atoms with E-state index in [0.717, 1.165) is 4.90 Å². The molecule has 2 heterocycles. The molecule has 7 nitrogen and oxygen atoms in total. The largest absolute Gasteiger partial charge is 0.444 e. The predicted octanol–water partition coefficient (Wildman–Crippen LogP) is 2.01. The Morgan fingerprint density at radius 3 is 2.55 bits per heavy atom. The fourth-order valence-electron chi connectivity index (χ4n) is 3.50. The molecule has 0 spiro atoms. The first-order valence-electron chi connectivity index (χ1n) is 8.79. The number of alkyl carbamates (subject to hydrolysis) is 1. The second-order valence-corrected chi connectivity index (χ2v) is 7.91. The molecule has 1 saturated heterocycles. The molecule has 2 atom stereocenters. The molecule has 0 radical (unpaired) electrons. The van der Waals surface area contributed by atoms with Crippen LogP contribution in [0.2, 0.25) is 0 Å². The van der Waals surface area contributed by atoms with Crippen molar-refractivity contribution in [1.82, 2.24) is 15.5 Å². The Balaban J connectivity index is 2.13. The third-order valence-electron chi connectivity index (χ3n) is 4.73. The number of nitrogens with one attached hydrogen (secondary N) is 2. The topological polar surface area (TPSA) is 83.0 Å². The van der Waals surface area contributed by atoms with Crippen LogP contribution in [-0.2, 0) is 15.1 Å². The number of nitrogens with zero attached hydrogens (tertiary/aromatic N) is 2. The average Bonchev–Trinajstić information content (AvgIpc) is 3.00. The van der Waals surface area contributed by atoms with E-state index in [4.69, 9.17) is 4.74 Å². The molecule has 0 aliphatic carbocycles. The lowest BCUT2D eigenvalue weighted by molar-refractivity contribution is -0.132. The SMILES string of the molecule is CN1C(=O)[C@@H]2CNC[C@]2(c2c(F)cc(F)c(F)c2F)N=C1NC(=O)OC(C)(C)C. The van der Waals surface area contributed by atoms with Crippen LogP contribution >= 0.6 is 0 Å². The molecular formula is C18H20F4N4O3. The molecule has 0 unspecified atom stereocenters. The van der Waals surface area contributed by atoms with Gasteiger partial charge in [0.05, 0.1) is 11.5 Å². The lowest BCUT2D eigenvalue weighted by Crippen LogP contribution is -2.57. The summed E-state index contributed by atoms with van der Waals surface area (Å²) in [7, 11) is 1.32. The number of ether oxygens (including phenoxy) is 1. The van der Waals surface area contributed by atoms with E-state index in [1.165, 1.54) is 7.05 Å². The summed E-state index contributed by atoms with van der Waals surface area (Å²) in [5, 5.41) is 5.09. The third-order valence-corrected chi connectivity index (χ3v) is 4.73. The van der Waals surface area contributed by atoms with E-state index in [9.17, 15) is 27.2 Å². The quantitative estimate of drug-likeness (QED) is 0.417. The van der Waals surface area contributed by atoms with Crippen molar-refractivity contribution < 1.29 is 31.9 Å². The van der Waals surface area contributed by atoms with Crippen LogP contribution in [0.4, 0.5) is 22.4 Å². The number of carbonyl (C=O) groups is 2. The predicted molar refractivity (Wildman–Crippen MR) is 93.9 cm³/mol. The first-order valence-corrected chi connectivity index (χ1v) is 8.79. The summed E-state index contributed by atoms with van der Waals surface area (Å²) < 4.78 is 61.6. The molecule has 0 aromatic heterocycles. The minimum Gasteiger partial charge on any atom is -0.444 e. The van der Waals surface area contributed by atoms with Crippen LogP contribution in [0.3, 0.4) is 0 Å². The minimum atomic E-state index is -1.91. The van der Waals surface area contributed by atoms with Crippen molar-refractivity contribution in [2.45, 2.75) is 31.9 Å². The Hall–Kier alpha value is -2.69. The summed E-state index contributed by atoms with van der Waals surface area (Å²) in [6.07, 6.45) is -0.943. The van der Waals surface area contributed by atoms with Crippen molar-refractivity contribution in [2.75, 3.05) is 20.1 Å². The zero-order valence-corrected chi connectivity index (χ0v) is 16.2. The Morgan fingerprint density at radius 2 is 1.93 bits per heavy atom. The highest BCUT2D eigenvalue weighted by Crippen LogP contribution is 2.43. The van der Waals surface area contributed by atoms with Crippen molar-refractivity contribution in [3.8, 4) is 0 Å².